The molecule has 0 aliphatic heterocycles. The summed E-state index contributed by atoms with van der Waals surface area (Å²) in [5.74, 6) is -0.332. The Bertz CT molecular complexity index is 168. The van der Waals surface area contributed by atoms with E-state index in [1.165, 1.54) is 12.8 Å². The van der Waals surface area contributed by atoms with Crippen molar-refractivity contribution in [3.8, 4) is 0 Å². The van der Waals surface area contributed by atoms with Crippen molar-refractivity contribution in [1.82, 2.24) is 0 Å². The molecule has 1 N–H and O–H groups in total. The summed E-state index contributed by atoms with van der Waals surface area (Å²) in [6.07, 6.45) is 4.51. The van der Waals surface area contributed by atoms with Gasteiger partial charge in [-0.3, -0.25) is 0 Å². The van der Waals surface area contributed by atoms with Crippen LogP contribution >= 0.6 is 0 Å². The predicted molar refractivity (Wildman–Crippen MR) is 61.0 cm³/mol. The molecule has 0 saturated carbocycles. The highest BCUT2D eigenvalue weighted by molar-refractivity contribution is 5.72. The number of carboxylic acids is 1. The minimum absolute atomic E-state index is 0.512. The number of rotatable bonds is 9. The monoisotopic (exact) mass is 216 g/mol. The van der Waals surface area contributed by atoms with Gasteiger partial charge < -0.3 is 9.84 Å². The molecule has 0 aromatic carbocycles. The maximum Gasteiger partial charge on any atom is 0.332 e. The lowest BCUT2D eigenvalue weighted by molar-refractivity contribution is -0.151. The summed E-state index contributed by atoms with van der Waals surface area (Å²) in [4.78, 5) is 10.7. The molecular weight excluding hydrogens is 192 g/mol. The van der Waals surface area contributed by atoms with E-state index in [2.05, 4.69) is 13.8 Å². The molecule has 0 saturated heterocycles. The van der Waals surface area contributed by atoms with Crippen LogP contribution in [0.1, 0.15) is 52.9 Å². The Morgan fingerprint density at radius 1 is 1.27 bits per heavy atom. The Balaban J connectivity index is 3.81. The zero-order chi connectivity index (χ0) is 11.7. The fourth-order valence-corrected chi connectivity index (χ4v) is 1.51. The van der Waals surface area contributed by atoms with Crippen LogP contribution in [0.3, 0.4) is 0 Å². The average molecular weight is 216 g/mol. The normalized spacial score (nSPS) is 14.9. The minimum Gasteiger partial charge on any atom is -0.479 e. The molecule has 0 aliphatic carbocycles. The first kappa shape index (κ1) is 14.4. The third kappa shape index (κ3) is 6.50. The molecule has 0 aromatic heterocycles. The van der Waals surface area contributed by atoms with Crippen LogP contribution in [0.5, 0.6) is 0 Å². The Labute approximate surface area is 92.8 Å². The topological polar surface area (TPSA) is 46.5 Å². The summed E-state index contributed by atoms with van der Waals surface area (Å²) in [6.45, 7) is 6.72. The summed E-state index contributed by atoms with van der Waals surface area (Å²) >= 11 is 0. The highest BCUT2D eigenvalue weighted by Crippen LogP contribution is 2.14. The van der Waals surface area contributed by atoms with Crippen LogP contribution in [-0.2, 0) is 9.53 Å². The van der Waals surface area contributed by atoms with E-state index in [1.54, 1.807) is 0 Å². The van der Waals surface area contributed by atoms with Gasteiger partial charge in [0.25, 0.3) is 0 Å². The molecule has 15 heavy (non-hydrogen) atoms. The van der Waals surface area contributed by atoms with Crippen molar-refractivity contribution in [3.63, 3.8) is 0 Å². The second-order valence-electron chi connectivity index (χ2n) is 3.98. The molecule has 2 atom stereocenters. The Morgan fingerprint density at radius 2 is 1.93 bits per heavy atom. The molecule has 0 aromatic rings. The third-order valence-electron chi connectivity index (χ3n) is 2.72. The molecule has 0 rings (SSSR count). The largest absolute Gasteiger partial charge is 0.479 e. The van der Waals surface area contributed by atoms with E-state index in [1.807, 2.05) is 6.92 Å². The van der Waals surface area contributed by atoms with Gasteiger partial charge in [0.1, 0.15) is 0 Å². The summed E-state index contributed by atoms with van der Waals surface area (Å²) in [7, 11) is 0. The maximum absolute atomic E-state index is 10.7. The second kappa shape index (κ2) is 8.72. The Kier molecular flexibility index (Phi) is 8.38. The van der Waals surface area contributed by atoms with Crippen LogP contribution in [-0.4, -0.2) is 23.8 Å². The molecule has 0 radical (unpaired) electrons. The van der Waals surface area contributed by atoms with Crippen LogP contribution in [0.4, 0.5) is 0 Å². The summed E-state index contributed by atoms with van der Waals surface area (Å²) in [6, 6.07) is 0. The van der Waals surface area contributed by atoms with Gasteiger partial charge in [-0.25, -0.2) is 4.79 Å². The molecule has 2 unspecified atom stereocenters. The zero-order valence-electron chi connectivity index (χ0n) is 10.2. The number of hydrogen-bond acceptors (Lipinski definition) is 2. The van der Waals surface area contributed by atoms with E-state index in [4.69, 9.17) is 9.84 Å². The van der Waals surface area contributed by atoms with Crippen LogP contribution in [0.15, 0.2) is 0 Å². The quantitative estimate of drug-likeness (QED) is 0.644. The number of carboxylic acid groups (broad SMARTS) is 1. The van der Waals surface area contributed by atoms with Gasteiger partial charge in [-0.1, -0.05) is 40.0 Å². The highest BCUT2D eigenvalue weighted by atomic mass is 16.5. The molecule has 3 nitrogen and oxygen atoms in total. The number of unbranched alkanes of at least 4 members (excludes halogenated alkanes) is 1. The lowest BCUT2D eigenvalue weighted by Gasteiger charge is -2.17. The van der Waals surface area contributed by atoms with Crippen molar-refractivity contribution in [2.24, 2.45) is 5.92 Å². The van der Waals surface area contributed by atoms with E-state index >= 15 is 0 Å². The van der Waals surface area contributed by atoms with Gasteiger partial charge in [0.05, 0.1) is 6.61 Å². The van der Waals surface area contributed by atoms with Gasteiger partial charge in [-0.15, -0.1) is 0 Å². The first-order chi connectivity index (χ1) is 7.15. The fraction of sp³-hybridized carbons (Fsp3) is 0.917. The standard InChI is InChI=1S/C12H24O3/c1-4-7-8-10(5-2)9-15-11(6-3)12(13)14/h10-11H,4-9H2,1-3H3,(H,13,14). The molecular formula is C12H24O3. The van der Waals surface area contributed by atoms with E-state index in [0.717, 1.165) is 12.8 Å². The lowest BCUT2D eigenvalue weighted by Crippen LogP contribution is -2.25. The molecule has 90 valence electrons. The van der Waals surface area contributed by atoms with E-state index in [-0.39, 0.29) is 0 Å². The van der Waals surface area contributed by atoms with E-state index in [0.29, 0.717) is 18.9 Å². The van der Waals surface area contributed by atoms with Crippen LogP contribution in [0.25, 0.3) is 0 Å². The Morgan fingerprint density at radius 3 is 2.33 bits per heavy atom. The first-order valence-corrected chi connectivity index (χ1v) is 6.00. The molecule has 0 aliphatic rings. The minimum atomic E-state index is -0.845. The van der Waals surface area contributed by atoms with Crippen molar-refractivity contribution in [2.75, 3.05) is 6.61 Å². The van der Waals surface area contributed by atoms with Crippen molar-refractivity contribution in [1.29, 1.82) is 0 Å². The van der Waals surface area contributed by atoms with Crippen LogP contribution in [0.2, 0.25) is 0 Å². The lowest BCUT2D eigenvalue weighted by atomic mass is 10.0. The van der Waals surface area contributed by atoms with Gasteiger partial charge in [-0.2, -0.15) is 0 Å². The zero-order valence-corrected chi connectivity index (χ0v) is 10.2. The van der Waals surface area contributed by atoms with Gasteiger partial charge in [0, 0.05) is 0 Å². The summed E-state index contributed by atoms with van der Waals surface area (Å²) < 4.78 is 5.40. The van der Waals surface area contributed by atoms with E-state index in [9.17, 15) is 4.79 Å². The van der Waals surface area contributed by atoms with Gasteiger partial charge in [-0.05, 0) is 18.8 Å². The van der Waals surface area contributed by atoms with E-state index < -0.39 is 12.1 Å². The van der Waals surface area contributed by atoms with Crippen molar-refractivity contribution in [3.05, 3.63) is 0 Å². The maximum atomic E-state index is 10.7. The van der Waals surface area contributed by atoms with Crippen LogP contribution < -0.4 is 0 Å². The van der Waals surface area contributed by atoms with Crippen molar-refractivity contribution >= 4 is 5.97 Å². The van der Waals surface area contributed by atoms with Crippen LogP contribution in [0, 0.1) is 5.92 Å². The number of hydrogen-bond donors (Lipinski definition) is 1. The molecule has 0 bridgehead atoms. The SMILES string of the molecule is CCCCC(CC)COC(CC)C(=O)O. The van der Waals surface area contributed by atoms with Gasteiger partial charge >= 0.3 is 5.97 Å². The number of ether oxygens (including phenoxy) is 1. The molecule has 0 spiro atoms. The summed E-state index contributed by atoms with van der Waals surface area (Å²) in [5.41, 5.74) is 0. The molecule has 0 heterocycles. The predicted octanol–water partition coefficient (Wildman–Crippen LogP) is 3.08. The Hall–Kier alpha value is -0.570. The van der Waals surface area contributed by atoms with Gasteiger partial charge in [0.15, 0.2) is 6.10 Å². The molecule has 0 fully saturated rings. The smallest absolute Gasteiger partial charge is 0.332 e. The first-order valence-electron chi connectivity index (χ1n) is 6.00. The molecule has 0 amide bonds. The van der Waals surface area contributed by atoms with Gasteiger partial charge in [0.2, 0.25) is 0 Å². The highest BCUT2D eigenvalue weighted by Gasteiger charge is 2.17. The number of carbonyl (C=O) groups is 1. The summed E-state index contributed by atoms with van der Waals surface area (Å²) in [5, 5.41) is 8.81. The number of aliphatic carboxylic acids is 1. The molecule has 3 heteroatoms. The third-order valence-corrected chi connectivity index (χ3v) is 2.72. The average Bonchev–Trinajstić information content (AvgIpc) is 2.23. The van der Waals surface area contributed by atoms with Crippen molar-refractivity contribution < 1.29 is 14.6 Å². The fourth-order valence-electron chi connectivity index (χ4n) is 1.51. The van der Waals surface area contributed by atoms with Crippen molar-refractivity contribution in [2.45, 2.75) is 59.0 Å². The second-order valence-corrected chi connectivity index (χ2v) is 3.98.